The molecule has 0 N–H and O–H groups in total. The molecule has 0 bridgehead atoms. The van der Waals surface area contributed by atoms with Crippen LogP contribution in [-0.2, 0) is 9.59 Å². The van der Waals surface area contributed by atoms with Crippen molar-refractivity contribution in [1.29, 1.82) is 0 Å². The molecule has 1 aromatic rings. The number of hydrogen-bond donors (Lipinski definition) is 0. The number of carbonyl (C=O) groups excluding carboxylic acids is 2. The predicted octanol–water partition coefficient (Wildman–Crippen LogP) is 2.38. The van der Waals surface area contributed by atoms with E-state index in [1.165, 1.54) is 30.4 Å². The van der Waals surface area contributed by atoms with Gasteiger partial charge in [0.2, 0.25) is 0 Å². The molecule has 2 nitrogen and oxygen atoms in total. The fourth-order valence-corrected chi connectivity index (χ4v) is 1.92. The average molecular weight is 269 g/mol. The van der Waals surface area contributed by atoms with Gasteiger partial charge in [0.15, 0.2) is 11.6 Å². The highest BCUT2D eigenvalue weighted by atomic mass is 79.9. The Morgan fingerprint density at radius 2 is 1.73 bits per heavy atom. The number of ketones is 2. The van der Waals surface area contributed by atoms with Gasteiger partial charge < -0.3 is 0 Å². The van der Waals surface area contributed by atoms with Crippen LogP contribution in [0.2, 0.25) is 0 Å². The maximum atomic E-state index is 13.4. The predicted molar refractivity (Wildman–Crippen MR) is 56.0 cm³/mol. The van der Waals surface area contributed by atoms with Gasteiger partial charge in [-0.25, -0.2) is 4.39 Å². The summed E-state index contributed by atoms with van der Waals surface area (Å²) in [5.41, 5.74) is 0.129. The summed E-state index contributed by atoms with van der Waals surface area (Å²) in [5, 5.41) is 0. The Balaban J connectivity index is 2.50. The monoisotopic (exact) mass is 268 g/mol. The van der Waals surface area contributed by atoms with Gasteiger partial charge >= 0.3 is 0 Å². The standard InChI is InChI=1S/C11H6BrFO2/c12-6-1-2-8(13)7(5-6)11-9(14)3-4-10(11)15/h1-5,11H. The molecule has 15 heavy (non-hydrogen) atoms. The molecule has 0 saturated carbocycles. The van der Waals surface area contributed by atoms with Crippen LogP contribution in [0.4, 0.5) is 4.39 Å². The van der Waals surface area contributed by atoms with Crippen LogP contribution in [-0.4, -0.2) is 11.6 Å². The lowest BCUT2D eigenvalue weighted by Crippen LogP contribution is -2.14. The minimum Gasteiger partial charge on any atom is -0.294 e. The molecule has 4 heteroatoms. The molecule has 1 aliphatic rings. The molecule has 0 unspecified atom stereocenters. The minimum absolute atomic E-state index is 0.129. The summed E-state index contributed by atoms with van der Waals surface area (Å²) in [7, 11) is 0. The zero-order valence-corrected chi connectivity index (χ0v) is 9.12. The van der Waals surface area contributed by atoms with Gasteiger partial charge in [-0.3, -0.25) is 9.59 Å². The second-order valence-corrected chi connectivity index (χ2v) is 4.15. The molecule has 1 aliphatic carbocycles. The molecule has 0 amide bonds. The third-order valence-electron chi connectivity index (χ3n) is 2.25. The molecule has 0 spiro atoms. The van der Waals surface area contributed by atoms with Gasteiger partial charge in [0.25, 0.3) is 0 Å². The molecule has 1 aromatic carbocycles. The fourth-order valence-electron chi connectivity index (χ4n) is 1.54. The van der Waals surface area contributed by atoms with Crippen molar-refractivity contribution in [3.8, 4) is 0 Å². The zero-order valence-electron chi connectivity index (χ0n) is 7.54. The second-order valence-electron chi connectivity index (χ2n) is 3.24. The lowest BCUT2D eigenvalue weighted by atomic mass is 9.95. The first-order valence-corrected chi connectivity index (χ1v) is 5.09. The molecule has 0 aromatic heterocycles. The van der Waals surface area contributed by atoms with Gasteiger partial charge in [-0.05, 0) is 30.4 Å². The molecule has 0 atom stereocenters. The van der Waals surface area contributed by atoms with Gasteiger partial charge in [-0.2, -0.15) is 0 Å². The van der Waals surface area contributed by atoms with E-state index in [1.54, 1.807) is 0 Å². The van der Waals surface area contributed by atoms with Crippen molar-refractivity contribution in [3.63, 3.8) is 0 Å². The largest absolute Gasteiger partial charge is 0.294 e. The minimum atomic E-state index is -0.998. The number of halogens is 2. The highest BCUT2D eigenvalue weighted by Crippen LogP contribution is 2.28. The van der Waals surface area contributed by atoms with Gasteiger partial charge in [-0.15, -0.1) is 0 Å². The van der Waals surface area contributed by atoms with Crippen LogP contribution in [0.15, 0.2) is 34.8 Å². The van der Waals surface area contributed by atoms with Crippen LogP contribution in [0.3, 0.4) is 0 Å². The first-order valence-electron chi connectivity index (χ1n) is 4.30. The second kappa shape index (κ2) is 3.70. The van der Waals surface area contributed by atoms with Crippen molar-refractivity contribution in [2.75, 3.05) is 0 Å². The fraction of sp³-hybridized carbons (Fsp3) is 0.0909. The maximum absolute atomic E-state index is 13.4. The van der Waals surface area contributed by atoms with E-state index in [-0.39, 0.29) is 17.1 Å². The summed E-state index contributed by atoms with van der Waals surface area (Å²) in [6.07, 6.45) is 2.38. The Kier molecular flexibility index (Phi) is 2.52. The smallest absolute Gasteiger partial charge is 0.171 e. The Bertz CT molecular complexity index is 461. The number of hydrogen-bond acceptors (Lipinski definition) is 2. The lowest BCUT2D eigenvalue weighted by Gasteiger charge is -2.08. The van der Waals surface area contributed by atoms with Crippen molar-refractivity contribution in [1.82, 2.24) is 0 Å². The molecular formula is C11H6BrFO2. The van der Waals surface area contributed by atoms with Crippen molar-refractivity contribution < 1.29 is 14.0 Å². The summed E-state index contributed by atoms with van der Waals surface area (Å²) >= 11 is 3.17. The maximum Gasteiger partial charge on any atom is 0.171 e. The van der Waals surface area contributed by atoms with Crippen LogP contribution >= 0.6 is 15.9 Å². The topological polar surface area (TPSA) is 34.1 Å². The van der Waals surface area contributed by atoms with E-state index < -0.39 is 11.7 Å². The van der Waals surface area contributed by atoms with E-state index in [0.29, 0.717) is 4.47 Å². The van der Waals surface area contributed by atoms with Gasteiger partial charge in [0.1, 0.15) is 11.7 Å². The summed E-state index contributed by atoms with van der Waals surface area (Å²) in [5.74, 6) is -2.26. The van der Waals surface area contributed by atoms with Crippen molar-refractivity contribution in [3.05, 3.63) is 46.2 Å². The van der Waals surface area contributed by atoms with E-state index in [4.69, 9.17) is 0 Å². The first kappa shape index (κ1) is 10.2. The van der Waals surface area contributed by atoms with Crippen LogP contribution in [0, 0.1) is 5.82 Å². The van der Waals surface area contributed by atoms with Crippen LogP contribution in [0.25, 0.3) is 0 Å². The molecule has 0 heterocycles. The van der Waals surface area contributed by atoms with Gasteiger partial charge in [0, 0.05) is 10.0 Å². The van der Waals surface area contributed by atoms with Crippen LogP contribution < -0.4 is 0 Å². The Hall–Kier alpha value is -1.29. The Morgan fingerprint density at radius 3 is 2.33 bits per heavy atom. The van der Waals surface area contributed by atoms with Crippen molar-refractivity contribution in [2.45, 2.75) is 5.92 Å². The molecule has 76 valence electrons. The lowest BCUT2D eigenvalue weighted by molar-refractivity contribution is -0.122. The highest BCUT2D eigenvalue weighted by molar-refractivity contribution is 9.10. The third-order valence-corrected chi connectivity index (χ3v) is 2.74. The van der Waals surface area contributed by atoms with Crippen LogP contribution in [0.1, 0.15) is 11.5 Å². The molecule has 2 rings (SSSR count). The molecular weight excluding hydrogens is 263 g/mol. The highest BCUT2D eigenvalue weighted by Gasteiger charge is 2.31. The van der Waals surface area contributed by atoms with Gasteiger partial charge in [0.05, 0.1) is 0 Å². The normalized spacial score (nSPS) is 16.4. The third kappa shape index (κ3) is 1.77. The Labute approximate surface area is 93.9 Å². The van der Waals surface area contributed by atoms with E-state index in [2.05, 4.69) is 15.9 Å². The molecule has 0 fully saturated rings. The number of rotatable bonds is 1. The van der Waals surface area contributed by atoms with E-state index >= 15 is 0 Å². The van der Waals surface area contributed by atoms with E-state index in [1.807, 2.05) is 0 Å². The van der Waals surface area contributed by atoms with Crippen molar-refractivity contribution in [2.24, 2.45) is 0 Å². The van der Waals surface area contributed by atoms with Gasteiger partial charge in [-0.1, -0.05) is 15.9 Å². The van der Waals surface area contributed by atoms with E-state index in [0.717, 1.165) is 0 Å². The molecule has 0 aliphatic heterocycles. The Morgan fingerprint density at radius 1 is 1.13 bits per heavy atom. The summed E-state index contributed by atoms with van der Waals surface area (Å²) in [6, 6.07) is 4.22. The summed E-state index contributed by atoms with van der Waals surface area (Å²) < 4.78 is 14.1. The van der Waals surface area contributed by atoms with Crippen LogP contribution in [0.5, 0.6) is 0 Å². The van der Waals surface area contributed by atoms with E-state index in [9.17, 15) is 14.0 Å². The molecule has 0 saturated heterocycles. The summed E-state index contributed by atoms with van der Waals surface area (Å²) in [6.45, 7) is 0. The zero-order chi connectivity index (χ0) is 11.0. The quantitative estimate of drug-likeness (QED) is 0.733. The molecule has 0 radical (unpaired) electrons. The number of allylic oxidation sites excluding steroid dienone is 2. The number of benzene rings is 1. The SMILES string of the molecule is O=C1C=CC(=O)C1c1cc(Br)ccc1F. The average Bonchev–Trinajstić information content (AvgIpc) is 2.51. The van der Waals surface area contributed by atoms with Crippen molar-refractivity contribution >= 4 is 27.5 Å². The summed E-state index contributed by atoms with van der Waals surface area (Å²) in [4.78, 5) is 22.7. The number of carbonyl (C=O) groups is 2. The first-order chi connectivity index (χ1) is 7.09.